The third-order valence-corrected chi connectivity index (χ3v) is 6.68. The summed E-state index contributed by atoms with van der Waals surface area (Å²) in [5, 5.41) is 12.8. The zero-order valence-corrected chi connectivity index (χ0v) is 15.4. The topological polar surface area (TPSA) is 75.6 Å². The van der Waals surface area contributed by atoms with Gasteiger partial charge in [0, 0.05) is 11.4 Å². The molecule has 1 heterocycles. The Hall–Kier alpha value is -1.48. The van der Waals surface area contributed by atoms with Crippen molar-refractivity contribution in [3.05, 3.63) is 46.4 Å². The Balaban J connectivity index is 1.78. The van der Waals surface area contributed by atoms with Gasteiger partial charge in [-0.05, 0) is 55.3 Å². The molecule has 2 N–H and O–H groups in total. The van der Waals surface area contributed by atoms with Crippen molar-refractivity contribution < 1.29 is 22.7 Å². The van der Waals surface area contributed by atoms with Crippen LogP contribution < -0.4 is 9.46 Å². The Bertz CT molecular complexity index is 834. The molecule has 1 aromatic carbocycles. The number of sulfonamides is 1. The van der Waals surface area contributed by atoms with Crippen LogP contribution >= 0.6 is 11.3 Å². The van der Waals surface area contributed by atoms with E-state index in [1.165, 1.54) is 23.5 Å². The number of aliphatic hydroxyl groups is 1. The number of hydrogen-bond acceptors (Lipinski definition) is 5. The molecule has 0 saturated heterocycles. The molecule has 8 heteroatoms. The van der Waals surface area contributed by atoms with Crippen molar-refractivity contribution in [2.75, 3.05) is 13.2 Å². The number of rotatable bonds is 8. The van der Waals surface area contributed by atoms with Crippen LogP contribution in [0.1, 0.15) is 24.6 Å². The molecule has 0 spiro atoms. The normalized spacial score (nSPS) is 17.2. The lowest BCUT2D eigenvalue weighted by molar-refractivity contribution is 0.0222. The van der Waals surface area contributed by atoms with Crippen LogP contribution in [0, 0.1) is 11.7 Å². The maximum absolute atomic E-state index is 13.9. The highest BCUT2D eigenvalue weighted by atomic mass is 32.2. The molecule has 3 rings (SSSR count). The van der Waals surface area contributed by atoms with E-state index in [9.17, 15) is 17.9 Å². The van der Waals surface area contributed by atoms with Crippen LogP contribution in [-0.2, 0) is 15.6 Å². The summed E-state index contributed by atoms with van der Waals surface area (Å²) >= 11 is 1.39. The standard InChI is InChI=1S/C17H20FNO4S2/c1-2-23-15-8-7-13(10-14(15)18)25(21,22)19-11-17(20,12-5-6-12)16-4-3-9-24-16/h3-4,7-10,12,19-20H,2,5-6,11H2,1H3/t17-/m1/s1. The van der Waals surface area contributed by atoms with Gasteiger partial charge in [0.2, 0.25) is 10.0 Å². The monoisotopic (exact) mass is 385 g/mol. The highest BCUT2D eigenvalue weighted by molar-refractivity contribution is 7.89. The quantitative estimate of drug-likeness (QED) is 0.733. The summed E-state index contributed by atoms with van der Waals surface area (Å²) in [7, 11) is -3.95. The maximum atomic E-state index is 13.9. The minimum Gasteiger partial charge on any atom is -0.491 e. The molecular formula is C17H20FNO4S2. The third kappa shape index (κ3) is 3.87. The van der Waals surface area contributed by atoms with Crippen molar-refractivity contribution >= 4 is 21.4 Å². The van der Waals surface area contributed by atoms with E-state index in [2.05, 4.69) is 4.72 Å². The first-order valence-corrected chi connectivity index (χ1v) is 10.4. The van der Waals surface area contributed by atoms with Crippen molar-refractivity contribution in [2.24, 2.45) is 5.92 Å². The van der Waals surface area contributed by atoms with Gasteiger partial charge in [-0.1, -0.05) is 6.07 Å². The van der Waals surface area contributed by atoms with Gasteiger partial charge >= 0.3 is 0 Å². The smallest absolute Gasteiger partial charge is 0.240 e. The SMILES string of the molecule is CCOc1ccc(S(=O)(=O)NC[C@](O)(c2cccs2)C2CC2)cc1F. The van der Waals surface area contributed by atoms with Gasteiger partial charge in [0.05, 0.1) is 11.5 Å². The highest BCUT2D eigenvalue weighted by Crippen LogP contribution is 2.46. The Morgan fingerprint density at radius 3 is 2.72 bits per heavy atom. The van der Waals surface area contributed by atoms with Gasteiger partial charge in [0.1, 0.15) is 5.60 Å². The van der Waals surface area contributed by atoms with Crippen LogP contribution in [0.5, 0.6) is 5.75 Å². The van der Waals surface area contributed by atoms with Crippen LogP contribution in [0.25, 0.3) is 0 Å². The number of ether oxygens (including phenoxy) is 1. The van der Waals surface area contributed by atoms with E-state index in [4.69, 9.17) is 4.74 Å². The molecule has 0 unspecified atom stereocenters. The number of halogens is 1. The lowest BCUT2D eigenvalue weighted by atomic mass is 9.96. The van der Waals surface area contributed by atoms with Gasteiger partial charge in [0.15, 0.2) is 11.6 Å². The van der Waals surface area contributed by atoms with Gasteiger partial charge in [0.25, 0.3) is 0 Å². The van der Waals surface area contributed by atoms with E-state index in [0.29, 0.717) is 0 Å². The van der Waals surface area contributed by atoms with Crippen molar-refractivity contribution in [1.29, 1.82) is 0 Å². The largest absolute Gasteiger partial charge is 0.491 e. The summed E-state index contributed by atoms with van der Waals surface area (Å²) in [5.74, 6) is -0.694. The molecule has 0 amide bonds. The lowest BCUT2D eigenvalue weighted by Crippen LogP contribution is -2.41. The van der Waals surface area contributed by atoms with Crippen LogP contribution in [-0.4, -0.2) is 26.7 Å². The molecule has 5 nitrogen and oxygen atoms in total. The Labute approximate surface area is 150 Å². The number of benzene rings is 1. The molecule has 1 fully saturated rings. The molecule has 0 bridgehead atoms. The van der Waals surface area contributed by atoms with Gasteiger partial charge in [-0.2, -0.15) is 0 Å². The predicted octanol–water partition coefficient (Wildman–Crippen LogP) is 2.86. The summed E-state index contributed by atoms with van der Waals surface area (Å²) < 4.78 is 46.4. The summed E-state index contributed by atoms with van der Waals surface area (Å²) in [6.45, 7) is 1.86. The minimum atomic E-state index is -3.95. The summed E-state index contributed by atoms with van der Waals surface area (Å²) in [4.78, 5) is 0.536. The number of hydrogen-bond donors (Lipinski definition) is 2. The van der Waals surface area contributed by atoms with E-state index in [1.807, 2.05) is 11.4 Å². The van der Waals surface area contributed by atoms with Gasteiger partial charge in [-0.3, -0.25) is 0 Å². The summed E-state index contributed by atoms with van der Waals surface area (Å²) in [6, 6.07) is 7.13. The molecule has 1 saturated carbocycles. The second kappa shape index (κ2) is 7.03. The number of nitrogens with one attached hydrogen (secondary N) is 1. The summed E-state index contributed by atoms with van der Waals surface area (Å²) in [5.41, 5.74) is -1.23. The Morgan fingerprint density at radius 2 is 2.16 bits per heavy atom. The first-order valence-electron chi connectivity index (χ1n) is 8.05. The van der Waals surface area contributed by atoms with Gasteiger partial charge in [-0.15, -0.1) is 11.3 Å². The second-order valence-electron chi connectivity index (χ2n) is 6.03. The average Bonchev–Trinajstić information content (AvgIpc) is 3.29. The Kier molecular flexibility index (Phi) is 5.15. The average molecular weight is 385 g/mol. The predicted molar refractivity (Wildman–Crippen MR) is 93.7 cm³/mol. The lowest BCUT2D eigenvalue weighted by Gasteiger charge is -2.27. The molecule has 1 atom stereocenters. The van der Waals surface area contributed by atoms with Crippen LogP contribution in [0.4, 0.5) is 4.39 Å². The van der Waals surface area contributed by atoms with E-state index >= 15 is 0 Å². The zero-order valence-electron chi connectivity index (χ0n) is 13.7. The third-order valence-electron chi connectivity index (χ3n) is 4.25. The molecule has 1 aliphatic rings. The van der Waals surface area contributed by atoms with E-state index < -0.39 is 21.4 Å². The number of thiophene rings is 1. The Morgan fingerprint density at radius 1 is 1.40 bits per heavy atom. The first kappa shape index (κ1) is 18.3. The molecule has 0 aliphatic heterocycles. The second-order valence-corrected chi connectivity index (χ2v) is 8.74. The minimum absolute atomic E-state index is 0.00882. The van der Waals surface area contributed by atoms with Crippen LogP contribution in [0.3, 0.4) is 0 Å². The van der Waals surface area contributed by atoms with E-state index in [1.54, 1.807) is 13.0 Å². The van der Waals surface area contributed by atoms with E-state index in [-0.39, 0.29) is 29.7 Å². The van der Waals surface area contributed by atoms with Crippen molar-refractivity contribution in [3.63, 3.8) is 0 Å². The fourth-order valence-electron chi connectivity index (χ4n) is 2.73. The molecule has 1 aromatic heterocycles. The van der Waals surface area contributed by atoms with Gasteiger partial charge < -0.3 is 9.84 Å². The first-order chi connectivity index (χ1) is 11.9. The molecule has 25 heavy (non-hydrogen) atoms. The summed E-state index contributed by atoms with van der Waals surface area (Å²) in [6.07, 6.45) is 1.71. The fraction of sp³-hybridized carbons (Fsp3) is 0.412. The van der Waals surface area contributed by atoms with Crippen LogP contribution in [0.2, 0.25) is 0 Å². The van der Waals surface area contributed by atoms with E-state index in [0.717, 1.165) is 23.8 Å². The molecule has 1 aliphatic carbocycles. The maximum Gasteiger partial charge on any atom is 0.240 e. The fourth-order valence-corrected chi connectivity index (χ4v) is 4.71. The molecule has 2 aromatic rings. The van der Waals surface area contributed by atoms with Crippen molar-refractivity contribution in [2.45, 2.75) is 30.3 Å². The van der Waals surface area contributed by atoms with Crippen molar-refractivity contribution in [1.82, 2.24) is 4.72 Å². The zero-order chi connectivity index (χ0) is 18.1. The van der Waals surface area contributed by atoms with Crippen molar-refractivity contribution in [3.8, 4) is 5.75 Å². The van der Waals surface area contributed by atoms with Crippen LogP contribution in [0.15, 0.2) is 40.6 Å². The molecule has 0 radical (unpaired) electrons. The molecule has 136 valence electrons. The van der Waals surface area contributed by atoms with Gasteiger partial charge in [-0.25, -0.2) is 17.5 Å². The highest BCUT2D eigenvalue weighted by Gasteiger charge is 2.46. The molecular weight excluding hydrogens is 365 g/mol.